The first-order valence-corrected chi connectivity index (χ1v) is 8.59. The van der Waals surface area contributed by atoms with E-state index in [1.807, 2.05) is 0 Å². The molecule has 0 aromatic carbocycles. The van der Waals surface area contributed by atoms with E-state index < -0.39 is 24.3 Å². The highest BCUT2D eigenvalue weighted by Crippen LogP contribution is 2.43. The van der Waals surface area contributed by atoms with Gasteiger partial charge in [-0.15, -0.1) is 9.24 Å². The van der Waals surface area contributed by atoms with Crippen LogP contribution in [-0.4, -0.2) is 64.7 Å². The molecule has 0 aliphatic carbocycles. The van der Waals surface area contributed by atoms with Crippen molar-refractivity contribution in [3.8, 4) is 0 Å². The van der Waals surface area contributed by atoms with Gasteiger partial charge in [0.15, 0.2) is 18.9 Å². The molecule has 122 valence electrons. The fourth-order valence-electron chi connectivity index (χ4n) is 3.02. The third kappa shape index (κ3) is 3.27. The van der Waals surface area contributed by atoms with E-state index in [2.05, 4.69) is 9.24 Å². The van der Waals surface area contributed by atoms with Gasteiger partial charge in [0.25, 0.3) is 0 Å². The second-order valence-corrected chi connectivity index (χ2v) is 6.01. The Morgan fingerprint density at radius 2 is 0.905 bits per heavy atom. The predicted molar refractivity (Wildman–Crippen MR) is 77.9 cm³/mol. The Labute approximate surface area is 127 Å². The van der Waals surface area contributed by atoms with E-state index in [0.29, 0.717) is 45.8 Å². The molecule has 0 spiro atoms. The van der Waals surface area contributed by atoms with Crippen LogP contribution in [0, 0.1) is 5.41 Å². The van der Waals surface area contributed by atoms with Gasteiger partial charge in [-0.2, -0.15) is 0 Å². The zero-order valence-electron chi connectivity index (χ0n) is 12.3. The minimum atomic E-state index is -0.619. The molecule has 1 atom stereocenters. The molecule has 0 aromatic heterocycles. The molecule has 0 amide bonds. The first kappa shape index (κ1) is 16.1. The van der Waals surface area contributed by atoms with Crippen LogP contribution in [0.15, 0.2) is 0 Å². The molecule has 3 aliphatic rings. The molecule has 6 nitrogen and oxygen atoms in total. The van der Waals surface area contributed by atoms with Crippen molar-refractivity contribution >= 4 is 9.24 Å². The van der Waals surface area contributed by atoms with Gasteiger partial charge in [-0.25, -0.2) is 0 Å². The van der Waals surface area contributed by atoms with E-state index in [1.165, 1.54) is 0 Å². The molecule has 3 saturated heterocycles. The third-order valence-electron chi connectivity index (χ3n) is 4.15. The summed E-state index contributed by atoms with van der Waals surface area (Å²) in [4.78, 5) is 0. The average molecular weight is 320 g/mol. The Morgan fingerprint density at radius 1 is 0.619 bits per heavy atom. The highest BCUT2D eigenvalue weighted by molar-refractivity contribution is 7.16. The van der Waals surface area contributed by atoms with Crippen molar-refractivity contribution in [2.24, 2.45) is 5.41 Å². The first-order valence-electron chi connectivity index (χ1n) is 7.77. The molecular weight excluding hydrogens is 295 g/mol. The largest absolute Gasteiger partial charge is 0.352 e. The van der Waals surface area contributed by atoms with Crippen LogP contribution in [0.25, 0.3) is 0 Å². The van der Waals surface area contributed by atoms with Gasteiger partial charge in [-0.1, -0.05) is 0 Å². The Hall–Kier alpha value is 0.190. The highest BCUT2D eigenvalue weighted by atomic mass is 31.0. The van der Waals surface area contributed by atoms with Crippen molar-refractivity contribution in [1.29, 1.82) is 0 Å². The maximum absolute atomic E-state index is 5.89. The molecule has 0 bridgehead atoms. The fourth-order valence-corrected chi connectivity index (χ4v) is 3.59. The number of rotatable bonds is 4. The monoisotopic (exact) mass is 320 g/mol. The lowest BCUT2D eigenvalue weighted by molar-refractivity contribution is -0.377. The van der Waals surface area contributed by atoms with Gasteiger partial charge in [0.1, 0.15) is 5.41 Å². The van der Waals surface area contributed by atoms with Crippen molar-refractivity contribution in [2.75, 3.05) is 45.8 Å². The third-order valence-corrected chi connectivity index (χ3v) is 4.86. The van der Waals surface area contributed by atoms with Gasteiger partial charge in [0.2, 0.25) is 0 Å². The molecular formula is C14H25O6P. The quantitative estimate of drug-likeness (QED) is 0.724. The predicted octanol–water partition coefficient (Wildman–Crippen LogP) is 1.14. The van der Waals surface area contributed by atoms with E-state index in [9.17, 15) is 0 Å². The molecule has 0 aromatic rings. The summed E-state index contributed by atoms with van der Waals surface area (Å²) >= 11 is 0. The van der Waals surface area contributed by atoms with E-state index in [1.54, 1.807) is 0 Å². The summed E-state index contributed by atoms with van der Waals surface area (Å²) in [6.45, 7) is 4.06. The van der Waals surface area contributed by atoms with E-state index in [0.717, 1.165) is 19.3 Å². The molecule has 7 heteroatoms. The summed E-state index contributed by atoms with van der Waals surface area (Å²) in [7, 11) is 2.76. The summed E-state index contributed by atoms with van der Waals surface area (Å²) in [5.41, 5.74) is -0.619. The van der Waals surface area contributed by atoms with Gasteiger partial charge >= 0.3 is 0 Å². The lowest BCUT2D eigenvalue weighted by Gasteiger charge is -2.50. The van der Waals surface area contributed by atoms with Crippen molar-refractivity contribution in [1.82, 2.24) is 0 Å². The minimum absolute atomic E-state index is 0.435. The standard InChI is InChI=1S/C14H25O6P/c21-10-14(11-15-4-1-5-16-11,12-17-6-2-7-18-12)13-19-8-3-9-20-13/h11-13H,1-10,21H2. The summed E-state index contributed by atoms with van der Waals surface area (Å²) in [5.74, 6) is 0. The Morgan fingerprint density at radius 3 is 1.14 bits per heavy atom. The number of ether oxygens (including phenoxy) is 6. The van der Waals surface area contributed by atoms with Crippen molar-refractivity contribution in [3.05, 3.63) is 0 Å². The van der Waals surface area contributed by atoms with Crippen LogP contribution in [-0.2, 0) is 28.4 Å². The molecule has 0 N–H and O–H groups in total. The van der Waals surface area contributed by atoms with E-state index >= 15 is 0 Å². The van der Waals surface area contributed by atoms with Crippen LogP contribution in [0.5, 0.6) is 0 Å². The molecule has 0 saturated carbocycles. The van der Waals surface area contributed by atoms with Crippen LogP contribution >= 0.6 is 9.24 Å². The highest BCUT2D eigenvalue weighted by Gasteiger charge is 2.56. The van der Waals surface area contributed by atoms with Gasteiger partial charge in [-0.3, -0.25) is 0 Å². The zero-order valence-corrected chi connectivity index (χ0v) is 13.5. The summed E-state index contributed by atoms with van der Waals surface area (Å²) in [5, 5.41) is 0. The Bertz CT molecular complexity index is 265. The van der Waals surface area contributed by atoms with Crippen molar-refractivity contribution in [2.45, 2.75) is 38.1 Å². The molecule has 1 unspecified atom stereocenters. The Balaban J connectivity index is 1.85. The van der Waals surface area contributed by atoms with Crippen LogP contribution in [0.4, 0.5) is 0 Å². The minimum Gasteiger partial charge on any atom is -0.352 e. The second kappa shape index (κ2) is 7.64. The smallest absolute Gasteiger partial charge is 0.173 e. The lowest BCUT2D eigenvalue weighted by atomic mass is 9.86. The molecule has 3 fully saturated rings. The first-order chi connectivity index (χ1) is 10.4. The van der Waals surface area contributed by atoms with Crippen LogP contribution in [0.2, 0.25) is 0 Å². The molecule has 3 aliphatic heterocycles. The zero-order chi connectivity index (χ0) is 14.5. The summed E-state index contributed by atoms with van der Waals surface area (Å²) < 4.78 is 35.3. The van der Waals surface area contributed by atoms with Gasteiger partial charge < -0.3 is 28.4 Å². The van der Waals surface area contributed by atoms with Crippen LogP contribution in [0.3, 0.4) is 0 Å². The van der Waals surface area contributed by atoms with Crippen LogP contribution < -0.4 is 0 Å². The van der Waals surface area contributed by atoms with Gasteiger partial charge in [0, 0.05) is 0 Å². The molecule has 3 rings (SSSR count). The fraction of sp³-hybridized carbons (Fsp3) is 1.00. The normalized spacial score (nSPS) is 27.9. The number of hydrogen-bond donors (Lipinski definition) is 0. The van der Waals surface area contributed by atoms with Gasteiger partial charge in [-0.05, 0) is 25.4 Å². The van der Waals surface area contributed by atoms with Crippen molar-refractivity contribution < 1.29 is 28.4 Å². The molecule has 21 heavy (non-hydrogen) atoms. The average Bonchev–Trinajstić information content (AvgIpc) is 2.59. The molecule has 3 heterocycles. The summed E-state index contributed by atoms with van der Waals surface area (Å²) in [6, 6.07) is 0. The van der Waals surface area contributed by atoms with Crippen LogP contribution in [0.1, 0.15) is 19.3 Å². The summed E-state index contributed by atoms with van der Waals surface area (Å²) in [6.07, 6.45) is 2.07. The topological polar surface area (TPSA) is 55.4 Å². The second-order valence-electron chi connectivity index (χ2n) is 5.60. The Kier molecular flexibility index (Phi) is 5.85. The lowest BCUT2D eigenvalue weighted by Crippen LogP contribution is -2.62. The SMILES string of the molecule is PCC(C1OCCCO1)(C1OCCCO1)C1OCCCO1. The van der Waals surface area contributed by atoms with Crippen molar-refractivity contribution in [3.63, 3.8) is 0 Å². The van der Waals surface area contributed by atoms with E-state index in [4.69, 9.17) is 28.4 Å². The maximum Gasteiger partial charge on any atom is 0.173 e. The molecule has 0 radical (unpaired) electrons. The van der Waals surface area contributed by atoms with Gasteiger partial charge in [0.05, 0.1) is 39.6 Å². The number of hydrogen-bond acceptors (Lipinski definition) is 6. The maximum atomic E-state index is 5.89. The van der Waals surface area contributed by atoms with E-state index in [-0.39, 0.29) is 0 Å².